The van der Waals surface area contributed by atoms with E-state index in [4.69, 9.17) is 10.5 Å². The Morgan fingerprint density at radius 3 is 2.81 bits per heavy atom. The quantitative estimate of drug-likeness (QED) is 0.493. The molecule has 2 aliphatic rings. The minimum absolute atomic E-state index is 0.0892. The lowest BCUT2D eigenvalue weighted by Crippen LogP contribution is -2.32. The van der Waals surface area contributed by atoms with Crippen LogP contribution in [0.3, 0.4) is 0 Å². The molecule has 1 aliphatic heterocycles. The summed E-state index contributed by atoms with van der Waals surface area (Å²) in [6, 6.07) is 7.18. The van der Waals surface area contributed by atoms with Crippen LogP contribution >= 0.6 is 0 Å². The highest BCUT2D eigenvalue weighted by Crippen LogP contribution is 2.41. The molecule has 2 heterocycles. The van der Waals surface area contributed by atoms with Gasteiger partial charge < -0.3 is 30.9 Å². The van der Waals surface area contributed by atoms with Gasteiger partial charge in [-0.05, 0) is 74.8 Å². The number of rotatable bonds is 8. The van der Waals surface area contributed by atoms with Crippen LogP contribution in [-0.2, 0) is 6.54 Å². The Kier molecular flexibility index (Phi) is 6.69. The van der Waals surface area contributed by atoms with Crippen molar-refractivity contribution in [1.29, 1.82) is 0 Å². The van der Waals surface area contributed by atoms with E-state index < -0.39 is 6.09 Å². The zero-order valence-electron chi connectivity index (χ0n) is 18.5. The van der Waals surface area contributed by atoms with Crippen molar-refractivity contribution in [2.45, 2.75) is 45.1 Å². The van der Waals surface area contributed by atoms with Crippen molar-refractivity contribution in [3.63, 3.8) is 0 Å². The summed E-state index contributed by atoms with van der Waals surface area (Å²) >= 11 is 0. The molecule has 8 nitrogen and oxygen atoms in total. The highest BCUT2D eigenvalue weighted by Gasteiger charge is 2.27. The Morgan fingerprint density at radius 1 is 1.34 bits per heavy atom. The van der Waals surface area contributed by atoms with Gasteiger partial charge in [0.2, 0.25) is 0 Å². The second-order valence-electron chi connectivity index (χ2n) is 8.71. The van der Waals surface area contributed by atoms with Crippen LogP contribution in [0.2, 0.25) is 0 Å². The van der Waals surface area contributed by atoms with Crippen LogP contribution in [0.1, 0.15) is 49.7 Å². The molecule has 1 amide bonds. The molecule has 1 aliphatic carbocycles. The molecule has 4 rings (SSSR count). The third-order valence-corrected chi connectivity index (χ3v) is 6.36. The topological polar surface area (TPSA) is 121 Å². The molecule has 1 unspecified atom stereocenters. The number of nitrogens with one attached hydrogen (secondary N) is 1. The highest BCUT2D eigenvalue weighted by atomic mass is 16.5. The number of phenols is 1. The van der Waals surface area contributed by atoms with Gasteiger partial charge in [-0.25, -0.2) is 9.78 Å². The SMILES string of the molecule is CCN(Cc1c(C2CCCNC2)cc(-c2c(O)cccc2OCC2CC2)nc1N)C(=O)O. The average molecular weight is 441 g/mol. The molecule has 0 radical (unpaired) electrons. The Balaban J connectivity index is 1.77. The molecule has 1 aromatic heterocycles. The van der Waals surface area contributed by atoms with Crippen LogP contribution in [0.25, 0.3) is 11.3 Å². The number of amides is 1. The number of carbonyl (C=O) groups is 1. The third kappa shape index (κ3) is 4.91. The summed E-state index contributed by atoms with van der Waals surface area (Å²) < 4.78 is 6.03. The predicted octanol–water partition coefficient (Wildman–Crippen LogP) is 3.79. The molecular weight excluding hydrogens is 408 g/mol. The number of aromatic nitrogens is 1. The molecule has 2 fully saturated rings. The summed E-state index contributed by atoms with van der Waals surface area (Å²) in [6.07, 6.45) is 3.37. The molecule has 32 heavy (non-hydrogen) atoms. The Morgan fingerprint density at radius 2 is 2.16 bits per heavy atom. The van der Waals surface area contributed by atoms with Gasteiger partial charge in [-0.3, -0.25) is 0 Å². The first-order chi connectivity index (χ1) is 15.5. The number of carboxylic acid groups (broad SMARTS) is 1. The smallest absolute Gasteiger partial charge is 0.407 e. The van der Waals surface area contributed by atoms with Gasteiger partial charge in [0.05, 0.1) is 24.4 Å². The number of hydrogen-bond acceptors (Lipinski definition) is 6. The van der Waals surface area contributed by atoms with E-state index in [2.05, 4.69) is 10.3 Å². The van der Waals surface area contributed by atoms with Crippen molar-refractivity contribution < 1.29 is 19.7 Å². The van der Waals surface area contributed by atoms with Crippen molar-refractivity contribution in [3.8, 4) is 22.8 Å². The second-order valence-corrected chi connectivity index (χ2v) is 8.71. The fourth-order valence-corrected chi connectivity index (χ4v) is 4.29. The van der Waals surface area contributed by atoms with E-state index in [1.807, 2.05) is 12.1 Å². The number of pyridine rings is 1. The Bertz CT molecular complexity index is 971. The number of benzene rings is 1. The summed E-state index contributed by atoms with van der Waals surface area (Å²) in [6.45, 7) is 4.72. The minimum Gasteiger partial charge on any atom is -0.507 e. The Labute approximate surface area is 188 Å². The molecule has 5 N–H and O–H groups in total. The first-order valence-electron chi connectivity index (χ1n) is 11.4. The van der Waals surface area contributed by atoms with Crippen LogP contribution in [0.5, 0.6) is 11.5 Å². The fourth-order valence-electron chi connectivity index (χ4n) is 4.29. The number of anilines is 1. The molecule has 8 heteroatoms. The van der Waals surface area contributed by atoms with Crippen LogP contribution in [-0.4, -0.2) is 52.4 Å². The van der Waals surface area contributed by atoms with Crippen LogP contribution in [0.15, 0.2) is 24.3 Å². The van der Waals surface area contributed by atoms with Gasteiger partial charge >= 0.3 is 6.09 Å². The average Bonchev–Trinajstić information content (AvgIpc) is 3.61. The number of hydrogen-bond donors (Lipinski definition) is 4. The molecule has 0 bridgehead atoms. The van der Waals surface area contributed by atoms with E-state index in [1.54, 1.807) is 19.1 Å². The van der Waals surface area contributed by atoms with E-state index in [9.17, 15) is 15.0 Å². The molecule has 1 aromatic carbocycles. The number of ether oxygens (including phenoxy) is 1. The van der Waals surface area contributed by atoms with E-state index in [0.717, 1.165) is 37.1 Å². The molecule has 1 saturated heterocycles. The molecule has 172 valence electrons. The van der Waals surface area contributed by atoms with Gasteiger partial charge in [-0.2, -0.15) is 0 Å². The Hall–Kier alpha value is -3.00. The van der Waals surface area contributed by atoms with Gasteiger partial charge in [0, 0.05) is 18.7 Å². The summed E-state index contributed by atoms with van der Waals surface area (Å²) in [5, 5.41) is 23.7. The fraction of sp³-hybridized carbons (Fsp3) is 0.500. The maximum absolute atomic E-state index is 11.6. The van der Waals surface area contributed by atoms with Gasteiger partial charge in [0.15, 0.2) is 0 Å². The zero-order valence-corrected chi connectivity index (χ0v) is 18.5. The van der Waals surface area contributed by atoms with Gasteiger partial charge in [0.25, 0.3) is 0 Å². The van der Waals surface area contributed by atoms with E-state index in [0.29, 0.717) is 41.9 Å². The normalized spacial score (nSPS) is 18.3. The standard InChI is InChI=1S/C24H32N4O4/c1-2-28(24(30)31)13-18-17(16-5-4-10-26-12-16)11-19(27-23(18)25)22-20(29)6-3-7-21(22)32-14-15-8-9-15/h3,6-7,11,15-16,26,29H,2,4-5,8-10,12-14H2,1H3,(H2,25,27)(H,30,31). The minimum atomic E-state index is -0.986. The first kappa shape index (κ1) is 22.2. The number of aromatic hydroxyl groups is 1. The largest absolute Gasteiger partial charge is 0.507 e. The van der Waals surface area contributed by atoms with Crippen LogP contribution in [0.4, 0.5) is 10.6 Å². The van der Waals surface area contributed by atoms with Crippen molar-refractivity contribution in [1.82, 2.24) is 15.2 Å². The highest BCUT2D eigenvalue weighted by molar-refractivity contribution is 5.76. The van der Waals surface area contributed by atoms with E-state index in [-0.39, 0.29) is 18.2 Å². The van der Waals surface area contributed by atoms with E-state index >= 15 is 0 Å². The summed E-state index contributed by atoms with van der Waals surface area (Å²) in [7, 11) is 0. The third-order valence-electron chi connectivity index (χ3n) is 6.36. The second kappa shape index (κ2) is 9.65. The van der Waals surface area contributed by atoms with Crippen LogP contribution in [0, 0.1) is 5.92 Å². The lowest BCUT2D eigenvalue weighted by Gasteiger charge is -2.28. The molecule has 2 aromatic rings. The molecular formula is C24H32N4O4. The summed E-state index contributed by atoms with van der Waals surface area (Å²) in [4.78, 5) is 17.6. The van der Waals surface area contributed by atoms with Gasteiger partial charge in [-0.15, -0.1) is 0 Å². The van der Waals surface area contributed by atoms with E-state index in [1.165, 1.54) is 17.7 Å². The van der Waals surface area contributed by atoms with Gasteiger partial charge in [-0.1, -0.05) is 6.07 Å². The van der Waals surface area contributed by atoms with Crippen LogP contribution < -0.4 is 15.8 Å². The molecule has 1 atom stereocenters. The van der Waals surface area contributed by atoms with Crippen molar-refractivity contribution in [3.05, 3.63) is 35.4 Å². The zero-order chi connectivity index (χ0) is 22.7. The van der Waals surface area contributed by atoms with Crippen molar-refractivity contribution in [2.75, 3.05) is 32.0 Å². The number of phenolic OH excluding ortho intramolecular Hbond substituents is 1. The number of nitrogens with two attached hydrogens (primary N) is 1. The van der Waals surface area contributed by atoms with Gasteiger partial charge in [0.1, 0.15) is 17.3 Å². The number of piperidine rings is 1. The summed E-state index contributed by atoms with van der Waals surface area (Å²) in [5.41, 5.74) is 9.23. The lowest BCUT2D eigenvalue weighted by molar-refractivity contribution is 0.145. The monoisotopic (exact) mass is 440 g/mol. The molecule has 1 saturated carbocycles. The van der Waals surface area contributed by atoms with Crippen molar-refractivity contribution in [2.24, 2.45) is 5.92 Å². The first-order valence-corrected chi connectivity index (χ1v) is 11.4. The number of nitrogens with zero attached hydrogens (tertiary/aromatic N) is 2. The molecule has 0 spiro atoms. The maximum atomic E-state index is 11.6. The van der Waals surface area contributed by atoms with Crippen molar-refractivity contribution >= 4 is 11.9 Å². The number of nitrogen functional groups attached to an aromatic ring is 1. The lowest BCUT2D eigenvalue weighted by atomic mass is 9.87. The summed E-state index contributed by atoms with van der Waals surface area (Å²) in [5.74, 6) is 1.73. The predicted molar refractivity (Wildman–Crippen MR) is 123 cm³/mol. The maximum Gasteiger partial charge on any atom is 0.407 e.